The van der Waals surface area contributed by atoms with E-state index in [2.05, 4.69) is 15.9 Å². The van der Waals surface area contributed by atoms with E-state index >= 15 is 0 Å². The second-order valence-corrected chi connectivity index (χ2v) is 7.34. The van der Waals surface area contributed by atoms with E-state index in [4.69, 9.17) is 0 Å². The van der Waals surface area contributed by atoms with Crippen molar-refractivity contribution < 1.29 is 9.90 Å². The molecule has 2 saturated carbocycles. The number of hydrogen-bond donors (Lipinski definition) is 1. The quantitative estimate of drug-likeness (QED) is 0.838. The summed E-state index contributed by atoms with van der Waals surface area (Å²) in [7, 11) is 0. The number of fused-ring (bicyclic) bond motifs is 1. The Bertz CT molecular complexity index is 658. The van der Waals surface area contributed by atoms with Crippen LogP contribution in [0.1, 0.15) is 17.5 Å². The number of aliphatic hydroxyl groups excluding tert-OH is 1. The molecule has 0 aliphatic heterocycles. The van der Waals surface area contributed by atoms with E-state index in [0.29, 0.717) is 6.42 Å². The molecule has 4 rings (SSSR count). The number of rotatable bonds is 2. The van der Waals surface area contributed by atoms with E-state index in [0.717, 1.165) is 11.1 Å². The molecule has 22 heavy (non-hydrogen) atoms. The molecule has 112 valence electrons. The van der Waals surface area contributed by atoms with Crippen LogP contribution in [-0.4, -0.2) is 21.8 Å². The molecule has 0 radical (unpaired) electrons. The van der Waals surface area contributed by atoms with Gasteiger partial charge in [-0.3, -0.25) is 4.79 Å². The Hall–Kier alpha value is -1.45. The molecule has 0 bridgehead atoms. The van der Waals surface area contributed by atoms with Crippen molar-refractivity contribution >= 4 is 21.7 Å². The summed E-state index contributed by atoms with van der Waals surface area (Å²) in [5, 5.41) is 10.2. The number of benzene rings is 2. The van der Waals surface area contributed by atoms with Gasteiger partial charge in [-0.1, -0.05) is 76.6 Å². The van der Waals surface area contributed by atoms with Gasteiger partial charge in [0.2, 0.25) is 0 Å². The van der Waals surface area contributed by atoms with Crippen molar-refractivity contribution in [1.82, 2.24) is 0 Å². The van der Waals surface area contributed by atoms with Crippen molar-refractivity contribution in [2.45, 2.75) is 22.8 Å². The van der Waals surface area contributed by atoms with E-state index in [9.17, 15) is 9.90 Å². The van der Waals surface area contributed by atoms with Gasteiger partial charge in [0.05, 0.1) is 11.5 Å². The Morgan fingerprint density at radius 3 is 1.95 bits per heavy atom. The highest BCUT2D eigenvalue weighted by atomic mass is 79.9. The average Bonchev–Trinajstić information content (AvgIpc) is 2.83. The molecule has 0 spiro atoms. The first-order valence-electron chi connectivity index (χ1n) is 7.65. The Kier molecular flexibility index (Phi) is 3.24. The molecule has 1 N–H and O–H groups in total. The van der Waals surface area contributed by atoms with E-state index in [-0.39, 0.29) is 22.4 Å². The van der Waals surface area contributed by atoms with Gasteiger partial charge in [-0.25, -0.2) is 0 Å². The lowest BCUT2D eigenvalue weighted by atomic mass is 9.48. The third-order valence-corrected chi connectivity index (χ3v) is 6.50. The maximum Gasteiger partial charge on any atom is 0.151 e. The largest absolute Gasteiger partial charge is 0.392 e. The van der Waals surface area contributed by atoms with E-state index < -0.39 is 11.5 Å². The first-order valence-corrected chi connectivity index (χ1v) is 8.56. The highest BCUT2D eigenvalue weighted by Crippen LogP contribution is 2.62. The molecule has 2 nitrogen and oxygen atoms in total. The summed E-state index contributed by atoms with van der Waals surface area (Å²) in [5.74, 6) is 0.315. The number of hydrogen-bond acceptors (Lipinski definition) is 2. The van der Waals surface area contributed by atoms with Crippen LogP contribution < -0.4 is 0 Å². The van der Waals surface area contributed by atoms with Gasteiger partial charge in [0.15, 0.2) is 5.78 Å². The highest BCUT2D eigenvalue weighted by molar-refractivity contribution is 9.09. The van der Waals surface area contributed by atoms with Gasteiger partial charge in [0.25, 0.3) is 0 Å². The molecule has 2 aromatic carbocycles. The lowest BCUT2D eigenvalue weighted by Gasteiger charge is -2.52. The van der Waals surface area contributed by atoms with Crippen LogP contribution in [0.25, 0.3) is 0 Å². The molecule has 0 saturated heterocycles. The number of carbonyl (C=O) groups is 1. The minimum absolute atomic E-state index is 0.0419. The lowest BCUT2D eigenvalue weighted by Crippen LogP contribution is -2.61. The fraction of sp³-hybridized carbons (Fsp3) is 0.316. The summed E-state index contributed by atoms with van der Waals surface area (Å²) in [5.41, 5.74) is 1.44. The van der Waals surface area contributed by atoms with Gasteiger partial charge in [-0.2, -0.15) is 0 Å². The normalized spacial score (nSPS) is 32.4. The van der Waals surface area contributed by atoms with Crippen molar-refractivity contribution in [3.05, 3.63) is 71.8 Å². The zero-order valence-corrected chi connectivity index (χ0v) is 13.6. The summed E-state index contributed by atoms with van der Waals surface area (Å²) in [6.45, 7) is 0. The third-order valence-electron chi connectivity index (χ3n) is 5.32. The fourth-order valence-corrected chi connectivity index (χ4v) is 5.39. The number of alkyl halides is 1. The van der Waals surface area contributed by atoms with Gasteiger partial charge < -0.3 is 5.11 Å². The smallest absolute Gasteiger partial charge is 0.151 e. The van der Waals surface area contributed by atoms with E-state index in [1.165, 1.54) is 0 Å². The Morgan fingerprint density at radius 2 is 1.45 bits per heavy atom. The molecule has 2 aromatic rings. The maximum absolute atomic E-state index is 13.1. The summed E-state index contributed by atoms with van der Waals surface area (Å²) >= 11 is 3.66. The van der Waals surface area contributed by atoms with Gasteiger partial charge in [0.1, 0.15) is 0 Å². The Balaban J connectivity index is 1.94. The first-order chi connectivity index (χ1) is 10.7. The van der Waals surface area contributed by atoms with Crippen LogP contribution in [0.15, 0.2) is 60.7 Å². The average molecular weight is 357 g/mol. The molecule has 0 aromatic heterocycles. The van der Waals surface area contributed by atoms with Crippen LogP contribution in [0.4, 0.5) is 0 Å². The molecule has 2 aliphatic carbocycles. The molecule has 0 amide bonds. The van der Waals surface area contributed by atoms with Crippen molar-refractivity contribution in [2.75, 3.05) is 0 Å². The molecular weight excluding hydrogens is 340 g/mol. The fourth-order valence-electron chi connectivity index (χ4n) is 4.41. The maximum atomic E-state index is 13.1. The summed E-state index contributed by atoms with van der Waals surface area (Å²) in [6, 6.07) is 20.0. The summed E-state index contributed by atoms with van der Waals surface area (Å²) in [6.07, 6.45) is 0.120. The minimum Gasteiger partial charge on any atom is -0.392 e. The second-order valence-electron chi connectivity index (χ2n) is 6.28. The minimum atomic E-state index is -0.626. The predicted molar refractivity (Wildman–Crippen MR) is 89.0 cm³/mol. The molecule has 3 heteroatoms. The van der Waals surface area contributed by atoms with Crippen molar-refractivity contribution in [1.29, 1.82) is 0 Å². The number of aliphatic hydroxyl groups is 1. The second kappa shape index (κ2) is 5.04. The zero-order chi connectivity index (χ0) is 15.3. The standard InChI is InChI=1S/C19H17BrO2/c20-17-15(21)11-14-16(17)19(18(14)22,12-7-3-1-4-8-12)13-9-5-2-6-10-13/h1-10,14-17,21H,11H2/t14?,15-,16?,17+/m1/s1. The zero-order valence-electron chi connectivity index (χ0n) is 12.0. The van der Waals surface area contributed by atoms with Crippen LogP contribution >= 0.6 is 15.9 Å². The van der Waals surface area contributed by atoms with Gasteiger partial charge in [0, 0.05) is 16.7 Å². The van der Waals surface area contributed by atoms with Crippen molar-refractivity contribution in [2.24, 2.45) is 11.8 Å². The van der Waals surface area contributed by atoms with Crippen molar-refractivity contribution in [3.8, 4) is 0 Å². The number of carbonyl (C=O) groups excluding carboxylic acids is 1. The molecule has 4 atom stereocenters. The number of ketones is 1. The summed E-state index contributed by atoms with van der Waals surface area (Å²) in [4.78, 5) is 13.1. The first kappa shape index (κ1) is 14.2. The topological polar surface area (TPSA) is 37.3 Å². The van der Waals surface area contributed by atoms with Gasteiger partial charge >= 0.3 is 0 Å². The Morgan fingerprint density at radius 1 is 0.955 bits per heavy atom. The number of halogens is 1. The van der Waals surface area contributed by atoms with E-state index in [1.807, 2.05) is 60.7 Å². The van der Waals surface area contributed by atoms with Crippen LogP contribution in [0.3, 0.4) is 0 Å². The highest BCUT2D eigenvalue weighted by Gasteiger charge is 2.69. The third kappa shape index (κ3) is 1.67. The molecule has 2 aliphatic rings. The number of Topliss-reactive ketones (excluding diaryl/α,β-unsaturated/α-hetero) is 1. The van der Waals surface area contributed by atoms with Gasteiger partial charge in [-0.05, 0) is 17.5 Å². The predicted octanol–water partition coefficient (Wildman–Crippen LogP) is 3.32. The van der Waals surface area contributed by atoms with Gasteiger partial charge in [-0.15, -0.1) is 0 Å². The van der Waals surface area contributed by atoms with Crippen molar-refractivity contribution in [3.63, 3.8) is 0 Å². The molecule has 2 unspecified atom stereocenters. The van der Waals surface area contributed by atoms with Crippen LogP contribution in [0, 0.1) is 11.8 Å². The summed E-state index contributed by atoms with van der Waals surface area (Å²) < 4.78 is 0. The van der Waals surface area contributed by atoms with Crippen LogP contribution in [0.5, 0.6) is 0 Å². The van der Waals surface area contributed by atoms with Crippen LogP contribution in [0.2, 0.25) is 0 Å². The monoisotopic (exact) mass is 356 g/mol. The molecule has 2 fully saturated rings. The Labute approximate surface area is 138 Å². The van der Waals surface area contributed by atoms with Crippen LogP contribution in [-0.2, 0) is 10.2 Å². The molecule has 0 heterocycles. The molecular formula is C19H17BrO2. The SMILES string of the molecule is O=C1C2C[C@@H](O)[C@H](Br)C2C1(c1ccccc1)c1ccccc1. The van der Waals surface area contributed by atoms with E-state index in [1.54, 1.807) is 0 Å². The lowest BCUT2D eigenvalue weighted by molar-refractivity contribution is -0.141.